The number of hydrazine groups is 1. The number of nitro groups is 2. The number of ether oxygens (including phenoxy) is 1. The van der Waals surface area contributed by atoms with Crippen LogP contribution in [-0.4, -0.2) is 57.7 Å². The second kappa shape index (κ2) is 15.8. The number of aromatic hydroxyl groups is 1. The van der Waals surface area contributed by atoms with E-state index >= 15 is 9.59 Å². The number of nitrogens with one attached hydrogen (secondary N) is 1. The van der Waals surface area contributed by atoms with Crippen molar-refractivity contribution in [2.75, 3.05) is 29.3 Å². The molecule has 16 nitrogen and oxygen atoms in total. The number of nitrogens with zero attached hydrogens (tertiary/aromatic N) is 5. The average Bonchev–Trinajstić information content (AvgIpc) is 3.67. The van der Waals surface area contributed by atoms with Gasteiger partial charge in [0.05, 0.1) is 44.4 Å². The van der Waals surface area contributed by atoms with Crippen LogP contribution in [-0.2, 0) is 31.2 Å². The number of anilines is 3. The van der Waals surface area contributed by atoms with Crippen molar-refractivity contribution >= 4 is 52.1 Å². The summed E-state index contributed by atoms with van der Waals surface area (Å²) >= 11 is 0. The predicted molar refractivity (Wildman–Crippen MR) is 234 cm³/mol. The maximum atomic E-state index is 15.5. The molecule has 0 spiro atoms. The molecule has 6 atom stereocenters. The normalized spacial score (nSPS) is 23.5. The number of phenolic OH excluding ortho intramolecular Hbond substituents is 1. The summed E-state index contributed by atoms with van der Waals surface area (Å²) in [6.07, 6.45) is 1.73. The lowest BCUT2D eigenvalue weighted by Gasteiger charge is -2.50. The number of fused-ring (bicyclic) bond motifs is 4. The highest BCUT2D eigenvalue weighted by molar-refractivity contribution is 6.23. The van der Waals surface area contributed by atoms with E-state index in [1.54, 1.807) is 60.7 Å². The number of phenols is 1. The molecule has 3 fully saturated rings. The minimum atomic E-state index is -1.68. The van der Waals surface area contributed by atoms with E-state index in [0.717, 1.165) is 33.2 Å². The molecule has 2 aliphatic carbocycles. The summed E-state index contributed by atoms with van der Waals surface area (Å²) in [5.41, 5.74) is 3.06. The number of carbonyl (C=O) groups excluding carboxylic acids is 4. The molecule has 4 aliphatic rings. The van der Waals surface area contributed by atoms with E-state index in [-0.39, 0.29) is 42.1 Å². The molecule has 9 rings (SSSR count). The molecule has 0 bridgehead atoms. The van der Waals surface area contributed by atoms with E-state index in [1.807, 2.05) is 49.4 Å². The van der Waals surface area contributed by atoms with Crippen LogP contribution in [0, 0.1) is 50.8 Å². The third kappa shape index (κ3) is 6.51. The summed E-state index contributed by atoms with van der Waals surface area (Å²) in [5.74, 6) is -7.71. The molecule has 0 aromatic heterocycles. The van der Waals surface area contributed by atoms with Gasteiger partial charge in [0, 0.05) is 43.8 Å². The van der Waals surface area contributed by atoms with Gasteiger partial charge in [0.2, 0.25) is 11.8 Å². The van der Waals surface area contributed by atoms with E-state index in [9.17, 15) is 34.9 Å². The first-order valence-electron chi connectivity index (χ1n) is 20.7. The highest BCUT2D eigenvalue weighted by Gasteiger charge is 2.70. The lowest BCUT2D eigenvalue weighted by atomic mass is 9.49. The second-order valence-corrected chi connectivity index (χ2v) is 16.8. The van der Waals surface area contributed by atoms with Gasteiger partial charge in [0.25, 0.3) is 11.8 Å². The van der Waals surface area contributed by atoms with Crippen molar-refractivity contribution in [1.29, 1.82) is 0 Å². The fourth-order valence-corrected chi connectivity index (χ4v) is 10.4. The summed E-state index contributed by atoms with van der Waals surface area (Å²) in [6.45, 7) is 2.11. The van der Waals surface area contributed by atoms with Crippen LogP contribution < -0.4 is 20.0 Å². The lowest BCUT2D eigenvalue weighted by Crippen LogP contribution is -2.53. The van der Waals surface area contributed by atoms with E-state index < -0.39 is 79.9 Å². The number of amides is 4. The molecule has 0 radical (unpaired) electrons. The molecule has 4 amide bonds. The second-order valence-electron chi connectivity index (χ2n) is 16.8. The summed E-state index contributed by atoms with van der Waals surface area (Å²) in [6, 6.07) is 32.2. The summed E-state index contributed by atoms with van der Waals surface area (Å²) in [7, 11) is 2.82. The van der Waals surface area contributed by atoms with Crippen LogP contribution in [0.2, 0.25) is 0 Å². The number of rotatable bonds is 11. The Morgan fingerprint density at radius 2 is 1.45 bits per heavy atom. The van der Waals surface area contributed by atoms with Crippen molar-refractivity contribution < 1.29 is 38.9 Å². The number of allylic oxidation sites excluding steroid dienone is 2. The van der Waals surface area contributed by atoms with Gasteiger partial charge in [-0.15, -0.1) is 0 Å². The quantitative estimate of drug-likeness (QED) is 0.0579. The maximum absolute atomic E-state index is 15.5. The standard InChI is InChI=1S/C48H42N6O10/c1-27-14-16-30(17-15-27)49-52-45(57)37-25-36-33(20-21-35-41(36)46(58)51(44(35)56)31-22-38(53(60)61)43(50(2)3)39(23-31)54(62)63)42(48(37,47(52)59)29-12-8-5-9-13-29)34-19-18-32(24-40(34)55)64-26-28-10-6-4-7-11-28/h4-20,22-24,35-37,41-42,49,55H,21,25-26H2,1-3H3/t35-,36+,37-,41-,42+,48+/m0/s1. The van der Waals surface area contributed by atoms with Gasteiger partial charge in [0.15, 0.2) is 5.69 Å². The SMILES string of the molecule is Cc1ccc(NN2C(=O)[C@@H]3C[C@@H]4C(=CC[C@@H]5C(=O)N(c6cc([N+](=O)[O-])c(N(C)C)c([N+](=O)[O-])c6)C(=O)[C@@H]54)[C@H](c4ccc(OCc5ccccc5)cc4O)[C@]3(c3ccccc3)C2=O)cc1. The molecule has 324 valence electrons. The molecule has 0 unspecified atom stereocenters. The summed E-state index contributed by atoms with van der Waals surface area (Å²) in [4.78, 5) is 85.0. The number of benzene rings is 5. The molecular weight excluding hydrogens is 821 g/mol. The molecule has 2 aliphatic heterocycles. The highest BCUT2D eigenvalue weighted by Crippen LogP contribution is 2.65. The van der Waals surface area contributed by atoms with Gasteiger partial charge in [-0.25, -0.2) is 4.90 Å². The Morgan fingerprint density at radius 1 is 0.812 bits per heavy atom. The first kappa shape index (κ1) is 41.5. The fourth-order valence-electron chi connectivity index (χ4n) is 10.4. The van der Waals surface area contributed by atoms with Gasteiger partial charge in [-0.05, 0) is 55.0 Å². The van der Waals surface area contributed by atoms with Gasteiger partial charge in [-0.1, -0.05) is 96.1 Å². The molecule has 2 N–H and O–H groups in total. The van der Waals surface area contributed by atoms with E-state index in [2.05, 4.69) is 5.43 Å². The highest BCUT2D eigenvalue weighted by atomic mass is 16.6. The van der Waals surface area contributed by atoms with Crippen molar-refractivity contribution in [2.24, 2.45) is 23.7 Å². The summed E-state index contributed by atoms with van der Waals surface area (Å²) in [5, 5.41) is 37.7. The van der Waals surface area contributed by atoms with E-state index in [1.165, 1.54) is 25.1 Å². The Hall–Kier alpha value is -7.88. The Morgan fingerprint density at radius 3 is 2.06 bits per heavy atom. The minimum Gasteiger partial charge on any atom is -0.508 e. The number of imide groups is 2. The van der Waals surface area contributed by atoms with Crippen LogP contribution in [0.1, 0.15) is 41.0 Å². The Balaban J connectivity index is 1.19. The molecule has 5 aromatic carbocycles. The molecule has 2 heterocycles. The van der Waals surface area contributed by atoms with E-state index in [0.29, 0.717) is 22.6 Å². The fraction of sp³-hybridized carbons (Fsp3) is 0.250. The third-order valence-corrected chi connectivity index (χ3v) is 13.1. The zero-order valence-electron chi connectivity index (χ0n) is 34.9. The third-order valence-electron chi connectivity index (χ3n) is 13.1. The molecular formula is C48H42N6O10. The number of aryl methyl sites for hydroxylation is 1. The molecule has 1 saturated carbocycles. The number of hydrogen-bond acceptors (Lipinski definition) is 12. The zero-order chi connectivity index (χ0) is 45.2. The Labute approximate surface area is 366 Å². The zero-order valence-corrected chi connectivity index (χ0v) is 34.9. The van der Waals surface area contributed by atoms with Crippen LogP contribution in [0.3, 0.4) is 0 Å². The maximum Gasteiger partial charge on any atom is 0.301 e. The van der Waals surface area contributed by atoms with Gasteiger partial charge >= 0.3 is 11.4 Å². The van der Waals surface area contributed by atoms with Gasteiger partial charge in [0.1, 0.15) is 18.1 Å². The first-order valence-corrected chi connectivity index (χ1v) is 20.7. The molecule has 5 aromatic rings. The monoisotopic (exact) mass is 862 g/mol. The van der Waals surface area contributed by atoms with Crippen LogP contribution in [0.25, 0.3) is 0 Å². The number of hydrogen-bond donors (Lipinski definition) is 2. The lowest BCUT2D eigenvalue weighted by molar-refractivity contribution is -0.392. The number of nitro benzene ring substituents is 2. The largest absolute Gasteiger partial charge is 0.508 e. The van der Waals surface area contributed by atoms with Crippen LogP contribution >= 0.6 is 0 Å². The van der Waals surface area contributed by atoms with Crippen molar-refractivity contribution in [3.05, 3.63) is 169 Å². The van der Waals surface area contributed by atoms with Crippen molar-refractivity contribution in [1.82, 2.24) is 5.01 Å². The van der Waals surface area contributed by atoms with Crippen LogP contribution in [0.15, 0.2) is 127 Å². The topological polar surface area (TPSA) is 206 Å². The van der Waals surface area contributed by atoms with Crippen molar-refractivity contribution in [3.63, 3.8) is 0 Å². The minimum absolute atomic E-state index is 0.00389. The van der Waals surface area contributed by atoms with Crippen molar-refractivity contribution in [3.8, 4) is 11.5 Å². The molecule has 2 saturated heterocycles. The molecule has 64 heavy (non-hydrogen) atoms. The Kier molecular flexibility index (Phi) is 10.2. The molecule has 16 heteroatoms. The predicted octanol–water partition coefficient (Wildman–Crippen LogP) is 7.35. The van der Waals surface area contributed by atoms with Gasteiger partial charge in [-0.2, -0.15) is 5.01 Å². The van der Waals surface area contributed by atoms with Gasteiger partial charge < -0.3 is 14.7 Å². The first-order chi connectivity index (χ1) is 30.7. The van der Waals surface area contributed by atoms with Crippen LogP contribution in [0.4, 0.5) is 28.4 Å². The smallest absolute Gasteiger partial charge is 0.301 e. The van der Waals surface area contributed by atoms with Crippen LogP contribution in [0.5, 0.6) is 11.5 Å². The summed E-state index contributed by atoms with van der Waals surface area (Å²) < 4.78 is 6.06. The number of carbonyl (C=O) groups is 4. The Bertz CT molecular complexity index is 2760. The van der Waals surface area contributed by atoms with Crippen molar-refractivity contribution in [2.45, 2.75) is 37.7 Å². The van der Waals surface area contributed by atoms with E-state index in [4.69, 9.17) is 4.74 Å². The average molecular weight is 863 g/mol. The van der Waals surface area contributed by atoms with Gasteiger partial charge in [-0.3, -0.25) is 44.8 Å².